The van der Waals surface area contributed by atoms with Gasteiger partial charge in [-0.25, -0.2) is 4.98 Å². The molecule has 0 saturated carbocycles. The number of thiazole rings is 1. The molecule has 1 atom stereocenters. The Hall–Kier alpha value is -1.56. The van der Waals surface area contributed by atoms with Gasteiger partial charge in [0.2, 0.25) is 0 Å². The van der Waals surface area contributed by atoms with E-state index in [0.29, 0.717) is 5.75 Å². The van der Waals surface area contributed by atoms with E-state index in [4.69, 9.17) is 4.74 Å². The van der Waals surface area contributed by atoms with Crippen LogP contribution in [0.15, 0.2) is 58.4 Å². The number of nitrogens with zero attached hydrogens (tertiary/aromatic N) is 1. The maximum Gasteiger partial charge on any atom is 0.149 e. The van der Waals surface area contributed by atoms with E-state index in [1.54, 1.807) is 29.3 Å². The molecule has 5 heteroatoms. The van der Waals surface area contributed by atoms with Crippen LogP contribution in [0.25, 0.3) is 10.8 Å². The summed E-state index contributed by atoms with van der Waals surface area (Å²) in [4.78, 5) is 4.17. The molecule has 108 valence electrons. The molecule has 0 radical (unpaired) electrons. The molecule has 0 aliphatic rings. The molecule has 3 aromatic rings. The van der Waals surface area contributed by atoms with Gasteiger partial charge in [0, 0.05) is 17.3 Å². The number of fused-ring (bicyclic) bond motifs is 1. The first kappa shape index (κ1) is 14.4. The van der Waals surface area contributed by atoms with Crippen LogP contribution in [0.5, 0.6) is 5.75 Å². The van der Waals surface area contributed by atoms with E-state index in [9.17, 15) is 5.11 Å². The second-order valence-corrected chi connectivity index (χ2v) is 6.74. The highest BCUT2D eigenvalue weighted by Gasteiger charge is 2.08. The Labute approximate surface area is 131 Å². The summed E-state index contributed by atoms with van der Waals surface area (Å²) >= 11 is 3.13. The number of thioether (sulfide) groups is 1. The third-order valence-corrected chi connectivity index (χ3v) is 5.08. The van der Waals surface area contributed by atoms with Crippen LogP contribution in [0.4, 0.5) is 0 Å². The van der Waals surface area contributed by atoms with Gasteiger partial charge < -0.3 is 9.84 Å². The van der Waals surface area contributed by atoms with Crippen molar-refractivity contribution in [3.63, 3.8) is 0 Å². The number of rotatable bonds is 6. The number of hydrogen-bond acceptors (Lipinski definition) is 5. The number of aliphatic hydroxyl groups is 1. The van der Waals surface area contributed by atoms with Gasteiger partial charge in [0.25, 0.3) is 0 Å². The van der Waals surface area contributed by atoms with Crippen molar-refractivity contribution >= 4 is 33.9 Å². The Morgan fingerprint density at radius 3 is 2.86 bits per heavy atom. The highest BCUT2D eigenvalue weighted by molar-refractivity contribution is 8.01. The first-order valence-corrected chi connectivity index (χ1v) is 8.50. The molecule has 3 nitrogen and oxygen atoms in total. The van der Waals surface area contributed by atoms with Crippen molar-refractivity contribution in [2.75, 3.05) is 12.4 Å². The largest absolute Gasteiger partial charge is 0.491 e. The highest BCUT2D eigenvalue weighted by Crippen LogP contribution is 2.22. The summed E-state index contributed by atoms with van der Waals surface area (Å²) in [5, 5.41) is 14.2. The normalized spacial score (nSPS) is 12.4. The third-order valence-electron chi connectivity index (χ3n) is 2.97. The predicted molar refractivity (Wildman–Crippen MR) is 88.3 cm³/mol. The maximum atomic E-state index is 9.95. The smallest absolute Gasteiger partial charge is 0.149 e. The fraction of sp³-hybridized carbons (Fsp3) is 0.188. The minimum absolute atomic E-state index is 0.288. The first-order valence-electron chi connectivity index (χ1n) is 6.63. The van der Waals surface area contributed by atoms with Crippen molar-refractivity contribution in [3.8, 4) is 5.75 Å². The molecule has 0 fully saturated rings. The van der Waals surface area contributed by atoms with E-state index in [1.807, 2.05) is 35.7 Å². The zero-order valence-electron chi connectivity index (χ0n) is 11.3. The van der Waals surface area contributed by atoms with Gasteiger partial charge >= 0.3 is 0 Å². The van der Waals surface area contributed by atoms with Crippen LogP contribution in [0.2, 0.25) is 0 Å². The van der Waals surface area contributed by atoms with Gasteiger partial charge in [-0.1, -0.05) is 42.1 Å². The van der Waals surface area contributed by atoms with Crippen molar-refractivity contribution < 1.29 is 9.84 Å². The van der Waals surface area contributed by atoms with Crippen molar-refractivity contribution in [1.82, 2.24) is 4.98 Å². The Kier molecular flexibility index (Phi) is 4.75. The topological polar surface area (TPSA) is 42.4 Å². The lowest BCUT2D eigenvalue weighted by Crippen LogP contribution is -2.19. The molecule has 0 spiro atoms. The van der Waals surface area contributed by atoms with Crippen LogP contribution in [0, 0.1) is 0 Å². The van der Waals surface area contributed by atoms with Crippen LogP contribution in [-0.4, -0.2) is 28.6 Å². The average Bonchev–Trinajstić information content (AvgIpc) is 3.04. The lowest BCUT2D eigenvalue weighted by Gasteiger charge is -2.12. The number of aromatic nitrogens is 1. The Morgan fingerprint density at radius 2 is 2.05 bits per heavy atom. The molecule has 2 aromatic carbocycles. The third kappa shape index (κ3) is 3.97. The van der Waals surface area contributed by atoms with Crippen molar-refractivity contribution in [2.45, 2.75) is 10.4 Å². The zero-order valence-corrected chi connectivity index (χ0v) is 12.9. The Morgan fingerprint density at radius 1 is 1.19 bits per heavy atom. The van der Waals surface area contributed by atoms with Crippen molar-refractivity contribution in [1.29, 1.82) is 0 Å². The summed E-state index contributed by atoms with van der Waals surface area (Å²) < 4.78 is 6.64. The number of ether oxygens (including phenoxy) is 1. The molecule has 21 heavy (non-hydrogen) atoms. The van der Waals surface area contributed by atoms with Crippen LogP contribution in [-0.2, 0) is 0 Å². The summed E-state index contributed by atoms with van der Waals surface area (Å²) in [5.74, 6) is 1.37. The Bertz CT molecular complexity index is 700. The Balaban J connectivity index is 1.53. The monoisotopic (exact) mass is 317 g/mol. The summed E-state index contributed by atoms with van der Waals surface area (Å²) in [5.41, 5.74) is 0. The van der Waals surface area contributed by atoms with E-state index >= 15 is 0 Å². The molecule has 3 rings (SSSR count). The van der Waals surface area contributed by atoms with Gasteiger partial charge in [-0.15, -0.1) is 11.3 Å². The maximum absolute atomic E-state index is 9.95. The first-order chi connectivity index (χ1) is 10.3. The number of benzene rings is 2. The van der Waals surface area contributed by atoms with E-state index < -0.39 is 6.10 Å². The average molecular weight is 317 g/mol. The fourth-order valence-electron chi connectivity index (χ4n) is 1.95. The summed E-state index contributed by atoms with van der Waals surface area (Å²) in [6.45, 7) is 0.288. The molecule has 1 heterocycles. The van der Waals surface area contributed by atoms with Gasteiger partial charge in [-0.2, -0.15) is 0 Å². The van der Waals surface area contributed by atoms with Gasteiger partial charge in [-0.3, -0.25) is 0 Å². The molecule has 1 unspecified atom stereocenters. The summed E-state index contributed by atoms with van der Waals surface area (Å²) in [6, 6.07) is 14.1. The standard InChI is InChI=1S/C16H15NO2S2/c18-14(11-21-16-17-7-8-20-16)10-19-15-6-5-12-3-1-2-4-13(12)9-15/h1-9,14,18H,10-11H2. The van der Waals surface area contributed by atoms with Gasteiger partial charge in [-0.05, 0) is 22.9 Å². The minimum atomic E-state index is -0.509. The lowest BCUT2D eigenvalue weighted by molar-refractivity contribution is 0.126. The van der Waals surface area contributed by atoms with Gasteiger partial charge in [0.15, 0.2) is 0 Å². The number of aliphatic hydroxyl groups excluding tert-OH is 1. The quantitative estimate of drug-likeness (QED) is 0.702. The second kappa shape index (κ2) is 6.93. The fourth-order valence-corrected chi connectivity index (χ4v) is 3.52. The minimum Gasteiger partial charge on any atom is -0.491 e. The van der Waals surface area contributed by atoms with Crippen LogP contribution in [0.1, 0.15) is 0 Å². The van der Waals surface area contributed by atoms with Crippen molar-refractivity contribution in [3.05, 3.63) is 54.0 Å². The zero-order chi connectivity index (χ0) is 14.5. The van der Waals surface area contributed by atoms with E-state index in [-0.39, 0.29) is 6.61 Å². The number of hydrogen-bond donors (Lipinski definition) is 1. The van der Waals surface area contributed by atoms with Crippen LogP contribution < -0.4 is 4.74 Å². The van der Waals surface area contributed by atoms with Gasteiger partial charge in [0.05, 0.1) is 6.10 Å². The predicted octanol–water partition coefficient (Wildman–Crippen LogP) is 3.83. The van der Waals surface area contributed by atoms with Crippen LogP contribution in [0.3, 0.4) is 0 Å². The lowest BCUT2D eigenvalue weighted by atomic mass is 10.1. The molecule has 0 bridgehead atoms. The summed E-state index contributed by atoms with van der Waals surface area (Å²) in [7, 11) is 0. The van der Waals surface area contributed by atoms with Crippen molar-refractivity contribution in [2.24, 2.45) is 0 Å². The summed E-state index contributed by atoms with van der Waals surface area (Å²) in [6.07, 6.45) is 1.26. The molecular formula is C16H15NO2S2. The van der Waals surface area contributed by atoms with Gasteiger partial charge in [0.1, 0.15) is 16.7 Å². The molecule has 0 aliphatic carbocycles. The molecular weight excluding hydrogens is 302 g/mol. The SMILES string of the molecule is OC(COc1ccc2ccccc2c1)CSc1nccs1. The highest BCUT2D eigenvalue weighted by atomic mass is 32.2. The molecule has 1 aromatic heterocycles. The molecule has 0 aliphatic heterocycles. The molecule has 0 saturated heterocycles. The second-order valence-electron chi connectivity index (χ2n) is 4.58. The van der Waals surface area contributed by atoms with E-state index in [1.165, 1.54) is 5.39 Å². The van der Waals surface area contributed by atoms with E-state index in [2.05, 4.69) is 17.1 Å². The molecule has 0 amide bonds. The van der Waals surface area contributed by atoms with Crippen LogP contribution >= 0.6 is 23.1 Å². The van der Waals surface area contributed by atoms with E-state index in [0.717, 1.165) is 15.5 Å². The molecule has 1 N–H and O–H groups in total.